The molecule has 1 N–H and O–H groups in total. The van der Waals surface area contributed by atoms with Crippen LogP contribution in [-0.2, 0) is 0 Å². The lowest BCUT2D eigenvalue weighted by atomic mass is 9.96. The normalized spacial score (nSPS) is 10.3. The van der Waals surface area contributed by atoms with Crippen LogP contribution in [0.15, 0.2) is 36.4 Å². The molecule has 0 heterocycles. The zero-order valence-corrected chi connectivity index (χ0v) is 10.2. The first-order chi connectivity index (χ1) is 8.50. The van der Waals surface area contributed by atoms with Crippen LogP contribution in [0.4, 0.5) is 5.69 Å². The molecule has 0 atom stereocenters. The van der Waals surface area contributed by atoms with E-state index >= 15 is 0 Å². The summed E-state index contributed by atoms with van der Waals surface area (Å²) in [5, 5.41) is 20.2. The van der Waals surface area contributed by atoms with Crippen molar-refractivity contribution >= 4 is 5.69 Å². The molecule has 2 aromatic rings. The van der Waals surface area contributed by atoms with Crippen molar-refractivity contribution in [1.29, 1.82) is 0 Å². The predicted octanol–water partition coefficient (Wildman–Crippen LogP) is 3.58. The molecule has 0 unspecified atom stereocenters. The fourth-order valence-corrected chi connectivity index (χ4v) is 1.88. The Morgan fingerprint density at radius 3 is 2.17 bits per heavy atom. The van der Waals surface area contributed by atoms with E-state index < -0.39 is 4.92 Å². The van der Waals surface area contributed by atoms with E-state index in [1.165, 1.54) is 12.1 Å². The summed E-state index contributed by atoms with van der Waals surface area (Å²) in [6.07, 6.45) is 0. The molecule has 0 spiro atoms. The lowest BCUT2D eigenvalue weighted by Gasteiger charge is -2.10. The Morgan fingerprint density at radius 1 is 1.00 bits per heavy atom. The molecule has 0 radical (unpaired) electrons. The molecule has 18 heavy (non-hydrogen) atoms. The number of benzene rings is 2. The van der Waals surface area contributed by atoms with E-state index in [0.717, 1.165) is 22.3 Å². The molecular formula is C14H13NO3. The van der Waals surface area contributed by atoms with Crippen LogP contribution in [0.1, 0.15) is 11.1 Å². The average Bonchev–Trinajstić information content (AvgIpc) is 2.36. The van der Waals surface area contributed by atoms with Gasteiger partial charge in [0.05, 0.1) is 4.92 Å². The Bertz CT molecular complexity index is 603. The Labute approximate surface area is 105 Å². The van der Waals surface area contributed by atoms with E-state index in [0.29, 0.717) is 0 Å². The van der Waals surface area contributed by atoms with Gasteiger partial charge in [-0.1, -0.05) is 6.07 Å². The molecule has 92 valence electrons. The van der Waals surface area contributed by atoms with E-state index in [2.05, 4.69) is 0 Å². The highest BCUT2D eigenvalue weighted by Crippen LogP contribution is 2.31. The van der Waals surface area contributed by atoms with Crippen LogP contribution in [0.2, 0.25) is 0 Å². The first-order valence-corrected chi connectivity index (χ1v) is 5.54. The minimum Gasteiger partial charge on any atom is -0.508 e. The topological polar surface area (TPSA) is 63.4 Å². The minimum atomic E-state index is -0.418. The first kappa shape index (κ1) is 12.1. The highest BCUT2D eigenvalue weighted by molar-refractivity contribution is 5.70. The summed E-state index contributed by atoms with van der Waals surface area (Å²) in [6, 6.07) is 9.86. The van der Waals surface area contributed by atoms with Gasteiger partial charge >= 0.3 is 0 Å². The van der Waals surface area contributed by atoms with Crippen LogP contribution >= 0.6 is 0 Å². The molecule has 0 fully saturated rings. The monoisotopic (exact) mass is 243 g/mol. The Kier molecular flexibility index (Phi) is 3.02. The maximum absolute atomic E-state index is 10.6. The summed E-state index contributed by atoms with van der Waals surface area (Å²) in [7, 11) is 0. The summed E-state index contributed by atoms with van der Waals surface area (Å²) < 4.78 is 0. The Morgan fingerprint density at radius 2 is 1.61 bits per heavy atom. The van der Waals surface area contributed by atoms with Crippen LogP contribution < -0.4 is 0 Å². The van der Waals surface area contributed by atoms with Gasteiger partial charge in [0.25, 0.3) is 5.69 Å². The maximum Gasteiger partial charge on any atom is 0.269 e. The van der Waals surface area contributed by atoms with Gasteiger partial charge in [0.1, 0.15) is 5.75 Å². The third-order valence-corrected chi connectivity index (χ3v) is 3.15. The number of nitrogens with zero attached hydrogens (tertiary/aromatic N) is 1. The van der Waals surface area contributed by atoms with Crippen molar-refractivity contribution in [2.45, 2.75) is 13.8 Å². The minimum absolute atomic E-state index is 0.0758. The number of hydrogen-bond donors (Lipinski definition) is 1. The molecule has 2 rings (SSSR count). The quantitative estimate of drug-likeness (QED) is 0.647. The second-order valence-corrected chi connectivity index (χ2v) is 4.19. The summed E-state index contributed by atoms with van der Waals surface area (Å²) in [6.45, 7) is 3.77. The van der Waals surface area contributed by atoms with Gasteiger partial charge in [0.2, 0.25) is 0 Å². The summed E-state index contributed by atoms with van der Waals surface area (Å²) in [5.74, 6) is 0.262. The third-order valence-electron chi connectivity index (χ3n) is 3.15. The number of non-ortho nitro benzene ring substituents is 1. The Hall–Kier alpha value is -2.36. The second kappa shape index (κ2) is 4.49. The zero-order chi connectivity index (χ0) is 13.3. The van der Waals surface area contributed by atoms with E-state index in [1.807, 2.05) is 19.9 Å². The van der Waals surface area contributed by atoms with Gasteiger partial charge in [-0.2, -0.15) is 0 Å². The van der Waals surface area contributed by atoms with E-state index in [-0.39, 0.29) is 11.4 Å². The van der Waals surface area contributed by atoms with Gasteiger partial charge in [-0.15, -0.1) is 0 Å². The molecule has 4 heteroatoms. The fraction of sp³-hybridized carbons (Fsp3) is 0.143. The van der Waals surface area contributed by atoms with Gasteiger partial charge in [-0.25, -0.2) is 0 Å². The van der Waals surface area contributed by atoms with Crippen molar-refractivity contribution in [3.05, 3.63) is 57.6 Å². The van der Waals surface area contributed by atoms with Crippen LogP contribution in [0.3, 0.4) is 0 Å². The van der Waals surface area contributed by atoms with Crippen molar-refractivity contribution in [3.8, 4) is 16.9 Å². The molecular weight excluding hydrogens is 230 g/mol. The van der Waals surface area contributed by atoms with E-state index in [9.17, 15) is 15.2 Å². The van der Waals surface area contributed by atoms with Gasteiger partial charge < -0.3 is 5.11 Å². The summed E-state index contributed by atoms with van der Waals surface area (Å²) >= 11 is 0. The molecule has 0 aliphatic carbocycles. The van der Waals surface area contributed by atoms with Crippen molar-refractivity contribution in [2.75, 3.05) is 0 Å². The number of hydrogen-bond acceptors (Lipinski definition) is 3. The van der Waals surface area contributed by atoms with Gasteiger partial charge in [0, 0.05) is 12.1 Å². The molecule has 0 saturated heterocycles. The molecule has 0 saturated carbocycles. The highest BCUT2D eigenvalue weighted by Gasteiger charge is 2.09. The molecule has 0 aliphatic rings. The van der Waals surface area contributed by atoms with Crippen LogP contribution in [0.5, 0.6) is 5.75 Å². The van der Waals surface area contributed by atoms with Gasteiger partial charge in [-0.3, -0.25) is 10.1 Å². The second-order valence-electron chi connectivity index (χ2n) is 4.19. The third kappa shape index (κ3) is 2.05. The van der Waals surface area contributed by atoms with Crippen molar-refractivity contribution in [3.63, 3.8) is 0 Å². The number of rotatable bonds is 2. The van der Waals surface area contributed by atoms with Crippen molar-refractivity contribution in [1.82, 2.24) is 0 Å². The van der Waals surface area contributed by atoms with E-state index in [4.69, 9.17) is 0 Å². The van der Waals surface area contributed by atoms with Crippen LogP contribution in [-0.4, -0.2) is 10.0 Å². The molecule has 2 aromatic carbocycles. The smallest absolute Gasteiger partial charge is 0.269 e. The maximum atomic E-state index is 10.6. The lowest BCUT2D eigenvalue weighted by Crippen LogP contribution is -1.90. The zero-order valence-electron chi connectivity index (χ0n) is 10.2. The number of aromatic hydroxyl groups is 1. The number of nitro benzene ring substituents is 1. The van der Waals surface area contributed by atoms with Gasteiger partial charge in [0.15, 0.2) is 0 Å². The first-order valence-electron chi connectivity index (χ1n) is 5.54. The van der Waals surface area contributed by atoms with E-state index in [1.54, 1.807) is 18.2 Å². The predicted molar refractivity (Wildman–Crippen MR) is 69.7 cm³/mol. The molecule has 0 amide bonds. The van der Waals surface area contributed by atoms with Crippen LogP contribution in [0, 0.1) is 24.0 Å². The lowest BCUT2D eigenvalue weighted by molar-refractivity contribution is -0.384. The Balaban J connectivity index is 2.49. The standard InChI is InChI=1S/C14H13NO3/c1-9-10(2)14(16)8-7-13(9)11-3-5-12(6-4-11)15(17)18/h3-8,16H,1-2H3. The number of phenolic OH excluding ortho intramolecular Hbond substituents is 1. The van der Waals surface area contributed by atoms with Crippen LogP contribution in [0.25, 0.3) is 11.1 Å². The molecule has 0 bridgehead atoms. The number of nitro groups is 1. The highest BCUT2D eigenvalue weighted by atomic mass is 16.6. The molecule has 4 nitrogen and oxygen atoms in total. The largest absolute Gasteiger partial charge is 0.508 e. The number of phenols is 1. The molecule has 0 aromatic heterocycles. The summed E-state index contributed by atoms with van der Waals surface area (Å²) in [5.41, 5.74) is 3.75. The summed E-state index contributed by atoms with van der Waals surface area (Å²) in [4.78, 5) is 10.2. The fourth-order valence-electron chi connectivity index (χ4n) is 1.88. The average molecular weight is 243 g/mol. The van der Waals surface area contributed by atoms with Crippen molar-refractivity contribution < 1.29 is 10.0 Å². The molecule has 0 aliphatic heterocycles. The van der Waals surface area contributed by atoms with Crippen molar-refractivity contribution in [2.24, 2.45) is 0 Å². The SMILES string of the molecule is Cc1c(O)ccc(-c2ccc([N+](=O)[O-])cc2)c1C. The van der Waals surface area contributed by atoms with Gasteiger partial charge in [-0.05, 0) is 54.3 Å².